The molecule has 1 fully saturated rings. The van der Waals surface area contributed by atoms with E-state index in [4.69, 9.17) is 11.5 Å². The van der Waals surface area contributed by atoms with Crippen molar-refractivity contribution in [3.8, 4) is 5.69 Å². The van der Waals surface area contributed by atoms with Gasteiger partial charge in [0.1, 0.15) is 0 Å². The van der Waals surface area contributed by atoms with Crippen molar-refractivity contribution in [3.05, 3.63) is 54.0 Å². The van der Waals surface area contributed by atoms with E-state index in [-0.39, 0.29) is 30.8 Å². The van der Waals surface area contributed by atoms with Gasteiger partial charge in [-0.1, -0.05) is 6.07 Å². The van der Waals surface area contributed by atoms with Crippen LogP contribution in [0.5, 0.6) is 0 Å². The van der Waals surface area contributed by atoms with Gasteiger partial charge in [-0.3, -0.25) is 9.78 Å². The van der Waals surface area contributed by atoms with E-state index >= 15 is 0 Å². The van der Waals surface area contributed by atoms with Gasteiger partial charge in [-0.25, -0.2) is 4.68 Å². The van der Waals surface area contributed by atoms with Crippen LogP contribution in [0.2, 0.25) is 0 Å². The van der Waals surface area contributed by atoms with Gasteiger partial charge in [0.15, 0.2) is 5.96 Å². The SMILES string of the molecule is Cl.Cl.NC(N)=NC(=O)c1cnn(-c2cccc3ncccc23)c1C1CC1. The van der Waals surface area contributed by atoms with Crippen LogP contribution >= 0.6 is 24.8 Å². The van der Waals surface area contributed by atoms with Crippen LogP contribution in [-0.4, -0.2) is 26.6 Å². The van der Waals surface area contributed by atoms with Gasteiger partial charge in [0.2, 0.25) is 0 Å². The molecule has 4 N–H and O–H groups in total. The summed E-state index contributed by atoms with van der Waals surface area (Å²) in [6, 6.07) is 9.73. The number of aliphatic imine (C=N–C) groups is 1. The molecule has 1 saturated carbocycles. The summed E-state index contributed by atoms with van der Waals surface area (Å²) in [7, 11) is 0. The van der Waals surface area contributed by atoms with E-state index in [0.29, 0.717) is 11.5 Å². The lowest BCUT2D eigenvalue weighted by Crippen LogP contribution is -2.24. The third-order valence-electron chi connectivity index (χ3n) is 4.08. The molecule has 0 aliphatic heterocycles. The predicted octanol–water partition coefficient (Wildman–Crippen LogP) is 2.56. The van der Waals surface area contributed by atoms with E-state index in [1.165, 1.54) is 6.20 Å². The molecule has 0 atom stereocenters. The molecule has 7 nitrogen and oxygen atoms in total. The van der Waals surface area contributed by atoms with E-state index < -0.39 is 5.91 Å². The summed E-state index contributed by atoms with van der Waals surface area (Å²) in [5.41, 5.74) is 13.8. The summed E-state index contributed by atoms with van der Waals surface area (Å²) >= 11 is 0. The number of benzene rings is 1. The molecule has 0 saturated heterocycles. The Hall–Kier alpha value is -2.64. The molecule has 0 spiro atoms. The molecular formula is C17H18Cl2N6O. The Morgan fingerprint density at radius 1 is 1.15 bits per heavy atom. The zero-order valence-electron chi connectivity index (χ0n) is 13.7. The van der Waals surface area contributed by atoms with E-state index in [1.807, 2.05) is 35.0 Å². The molecule has 136 valence electrons. The van der Waals surface area contributed by atoms with Crippen molar-refractivity contribution < 1.29 is 4.79 Å². The second kappa shape index (κ2) is 7.72. The lowest BCUT2D eigenvalue weighted by molar-refractivity contribution is 0.100. The molecule has 0 unspecified atom stereocenters. The van der Waals surface area contributed by atoms with Crippen molar-refractivity contribution in [2.75, 3.05) is 0 Å². The number of aromatic nitrogens is 3. The lowest BCUT2D eigenvalue weighted by atomic mass is 10.1. The summed E-state index contributed by atoms with van der Waals surface area (Å²) < 4.78 is 1.82. The zero-order valence-corrected chi connectivity index (χ0v) is 15.3. The first-order chi connectivity index (χ1) is 11.6. The summed E-state index contributed by atoms with van der Waals surface area (Å²) in [6.45, 7) is 0. The van der Waals surface area contributed by atoms with Crippen LogP contribution in [-0.2, 0) is 0 Å². The minimum absolute atomic E-state index is 0. The first-order valence-corrected chi connectivity index (χ1v) is 7.71. The molecule has 4 rings (SSSR count). The van der Waals surface area contributed by atoms with Crippen molar-refractivity contribution in [3.63, 3.8) is 0 Å². The average Bonchev–Trinajstić information content (AvgIpc) is 3.32. The smallest absolute Gasteiger partial charge is 0.283 e. The Labute approximate surface area is 162 Å². The van der Waals surface area contributed by atoms with Gasteiger partial charge in [0, 0.05) is 17.5 Å². The Kier molecular flexibility index (Phi) is 5.84. The number of amides is 1. The van der Waals surface area contributed by atoms with Crippen molar-refractivity contribution in [2.45, 2.75) is 18.8 Å². The Bertz CT molecular complexity index is 971. The number of halogens is 2. The second-order valence-electron chi connectivity index (χ2n) is 5.82. The van der Waals surface area contributed by atoms with Gasteiger partial charge in [0.05, 0.1) is 28.7 Å². The van der Waals surface area contributed by atoms with Gasteiger partial charge >= 0.3 is 0 Å². The maximum atomic E-state index is 12.3. The lowest BCUT2D eigenvalue weighted by Gasteiger charge is -2.10. The number of nitrogens with two attached hydrogens (primary N) is 2. The fraction of sp³-hybridized carbons (Fsp3) is 0.176. The molecule has 1 amide bonds. The van der Waals surface area contributed by atoms with E-state index in [9.17, 15) is 4.79 Å². The van der Waals surface area contributed by atoms with E-state index in [0.717, 1.165) is 35.1 Å². The maximum absolute atomic E-state index is 12.3. The molecule has 1 aliphatic rings. The molecule has 2 heterocycles. The monoisotopic (exact) mass is 392 g/mol. The molecule has 2 aromatic heterocycles. The molecule has 3 aromatic rings. The van der Waals surface area contributed by atoms with Crippen LogP contribution in [0.3, 0.4) is 0 Å². The standard InChI is InChI=1S/C17H16N6O.2ClH/c18-17(19)22-16(24)12-9-21-23(15(12)10-6-7-10)14-5-1-4-13-11(14)3-2-8-20-13;;/h1-5,8-10H,6-7H2,(H4,18,19,22,24);2*1H. The van der Waals surface area contributed by atoms with Crippen LogP contribution < -0.4 is 11.5 Å². The Morgan fingerprint density at radius 3 is 2.62 bits per heavy atom. The van der Waals surface area contributed by atoms with Gasteiger partial charge in [0.25, 0.3) is 5.91 Å². The number of pyridine rings is 1. The van der Waals surface area contributed by atoms with E-state index in [1.54, 1.807) is 6.20 Å². The number of carbonyl (C=O) groups is 1. The van der Waals surface area contributed by atoms with Crippen LogP contribution in [0.1, 0.15) is 34.8 Å². The molecule has 26 heavy (non-hydrogen) atoms. The molecule has 0 radical (unpaired) electrons. The van der Waals surface area contributed by atoms with Crippen molar-refractivity contribution in [1.82, 2.24) is 14.8 Å². The number of guanidine groups is 1. The van der Waals surface area contributed by atoms with Crippen LogP contribution in [0.25, 0.3) is 16.6 Å². The summed E-state index contributed by atoms with van der Waals surface area (Å²) in [5.74, 6) is -0.405. The minimum Gasteiger partial charge on any atom is -0.370 e. The van der Waals surface area contributed by atoms with E-state index in [2.05, 4.69) is 15.1 Å². The fourth-order valence-corrected chi connectivity index (χ4v) is 2.91. The van der Waals surface area contributed by atoms with Crippen molar-refractivity contribution in [2.24, 2.45) is 16.5 Å². The summed E-state index contributed by atoms with van der Waals surface area (Å²) in [4.78, 5) is 20.3. The predicted molar refractivity (Wildman–Crippen MR) is 105 cm³/mol. The number of hydrogen-bond donors (Lipinski definition) is 2. The molecule has 0 bridgehead atoms. The Morgan fingerprint density at radius 2 is 1.92 bits per heavy atom. The number of carbonyl (C=O) groups excluding carboxylic acids is 1. The van der Waals surface area contributed by atoms with Gasteiger partial charge in [-0.15, -0.1) is 24.8 Å². The van der Waals surface area contributed by atoms with Gasteiger partial charge < -0.3 is 11.5 Å². The number of fused-ring (bicyclic) bond motifs is 1. The van der Waals surface area contributed by atoms with Gasteiger partial charge in [-0.2, -0.15) is 10.1 Å². The highest BCUT2D eigenvalue weighted by atomic mass is 35.5. The topological polar surface area (TPSA) is 112 Å². The highest BCUT2D eigenvalue weighted by molar-refractivity contribution is 6.03. The number of nitrogens with zero attached hydrogens (tertiary/aromatic N) is 4. The quantitative estimate of drug-likeness (QED) is 0.525. The molecule has 9 heteroatoms. The first-order valence-electron chi connectivity index (χ1n) is 7.71. The fourth-order valence-electron chi connectivity index (χ4n) is 2.91. The first kappa shape index (κ1) is 19.7. The van der Waals surface area contributed by atoms with Crippen LogP contribution in [0.15, 0.2) is 47.7 Å². The van der Waals surface area contributed by atoms with Crippen molar-refractivity contribution in [1.29, 1.82) is 0 Å². The number of rotatable bonds is 3. The molecule has 1 aromatic carbocycles. The maximum Gasteiger partial charge on any atom is 0.283 e. The highest BCUT2D eigenvalue weighted by Gasteiger charge is 2.33. The molecular weight excluding hydrogens is 375 g/mol. The summed E-state index contributed by atoms with van der Waals surface area (Å²) in [6.07, 6.45) is 5.34. The highest BCUT2D eigenvalue weighted by Crippen LogP contribution is 2.43. The Balaban J connectivity index is 0.00000121. The largest absolute Gasteiger partial charge is 0.370 e. The third-order valence-corrected chi connectivity index (χ3v) is 4.08. The third kappa shape index (κ3) is 3.49. The average molecular weight is 393 g/mol. The van der Waals surface area contributed by atoms with Crippen LogP contribution in [0, 0.1) is 0 Å². The minimum atomic E-state index is -0.457. The molecule has 1 aliphatic carbocycles. The zero-order chi connectivity index (χ0) is 16.7. The summed E-state index contributed by atoms with van der Waals surface area (Å²) in [5, 5.41) is 5.42. The second-order valence-corrected chi connectivity index (χ2v) is 5.82. The normalized spacial score (nSPS) is 12.8. The number of hydrogen-bond acceptors (Lipinski definition) is 3. The van der Waals surface area contributed by atoms with Gasteiger partial charge in [-0.05, 0) is 37.1 Å². The van der Waals surface area contributed by atoms with Crippen LogP contribution in [0.4, 0.5) is 0 Å². The van der Waals surface area contributed by atoms with Crippen molar-refractivity contribution >= 4 is 47.6 Å².